The van der Waals surface area contributed by atoms with Crippen molar-refractivity contribution >= 4 is 5.97 Å². The molecule has 0 spiro atoms. The van der Waals surface area contributed by atoms with Gasteiger partial charge < -0.3 is 20.6 Å². The van der Waals surface area contributed by atoms with E-state index in [9.17, 15) is 9.90 Å². The maximum atomic E-state index is 10.9. The maximum Gasteiger partial charge on any atom is 0.320 e. The quantitative estimate of drug-likeness (QED) is 0.603. The Morgan fingerprint density at radius 2 is 2.12 bits per heavy atom. The molecule has 94 valence electrons. The SMILES string of the molecule is CCCC(NCc1ccc(O)cc1O)C(=O)O. The van der Waals surface area contributed by atoms with Crippen molar-refractivity contribution in [3.05, 3.63) is 23.8 Å². The van der Waals surface area contributed by atoms with E-state index in [1.807, 2.05) is 6.92 Å². The van der Waals surface area contributed by atoms with Crippen molar-refractivity contribution in [2.45, 2.75) is 32.4 Å². The van der Waals surface area contributed by atoms with Crippen LogP contribution in [-0.4, -0.2) is 27.3 Å². The Kier molecular flexibility index (Phi) is 4.78. The Morgan fingerprint density at radius 3 is 2.65 bits per heavy atom. The molecule has 0 aromatic heterocycles. The summed E-state index contributed by atoms with van der Waals surface area (Å²) in [5.41, 5.74) is 0.560. The first-order chi connectivity index (χ1) is 8.04. The largest absolute Gasteiger partial charge is 0.508 e. The number of hydrogen-bond acceptors (Lipinski definition) is 4. The Labute approximate surface area is 99.7 Å². The third-order valence-electron chi connectivity index (χ3n) is 2.48. The van der Waals surface area contributed by atoms with Crippen molar-refractivity contribution in [2.75, 3.05) is 0 Å². The molecule has 1 aromatic rings. The first kappa shape index (κ1) is 13.3. The predicted octanol–water partition coefficient (Wildman–Crippen LogP) is 1.44. The maximum absolute atomic E-state index is 10.9. The molecule has 0 amide bonds. The first-order valence-corrected chi connectivity index (χ1v) is 5.51. The lowest BCUT2D eigenvalue weighted by Crippen LogP contribution is -2.35. The number of hydrogen-bond donors (Lipinski definition) is 4. The summed E-state index contributed by atoms with van der Waals surface area (Å²) in [6.07, 6.45) is 1.31. The fourth-order valence-corrected chi connectivity index (χ4v) is 1.54. The number of carbonyl (C=O) groups is 1. The predicted molar refractivity (Wildman–Crippen MR) is 62.9 cm³/mol. The molecule has 1 aromatic carbocycles. The Balaban J connectivity index is 2.62. The van der Waals surface area contributed by atoms with Gasteiger partial charge in [-0.05, 0) is 12.5 Å². The molecular formula is C12H17NO4. The molecule has 0 heterocycles. The van der Waals surface area contributed by atoms with Crippen LogP contribution in [0, 0.1) is 0 Å². The summed E-state index contributed by atoms with van der Waals surface area (Å²) in [5, 5.41) is 30.4. The highest BCUT2D eigenvalue weighted by molar-refractivity contribution is 5.73. The summed E-state index contributed by atoms with van der Waals surface area (Å²) in [6, 6.07) is 3.62. The molecule has 5 heteroatoms. The van der Waals surface area contributed by atoms with Gasteiger partial charge >= 0.3 is 5.97 Å². The van der Waals surface area contributed by atoms with Crippen LogP contribution in [0.25, 0.3) is 0 Å². The van der Waals surface area contributed by atoms with E-state index in [0.29, 0.717) is 12.0 Å². The fraction of sp³-hybridized carbons (Fsp3) is 0.417. The zero-order valence-electron chi connectivity index (χ0n) is 9.68. The normalized spacial score (nSPS) is 12.3. The van der Waals surface area contributed by atoms with Crippen molar-refractivity contribution in [3.8, 4) is 11.5 Å². The average Bonchev–Trinajstić information content (AvgIpc) is 2.25. The summed E-state index contributed by atoms with van der Waals surface area (Å²) in [4.78, 5) is 10.9. The van der Waals surface area contributed by atoms with Gasteiger partial charge in [-0.3, -0.25) is 4.79 Å². The lowest BCUT2D eigenvalue weighted by atomic mass is 10.1. The average molecular weight is 239 g/mol. The number of phenols is 2. The summed E-state index contributed by atoms with van der Waals surface area (Å²) < 4.78 is 0. The third-order valence-corrected chi connectivity index (χ3v) is 2.48. The number of aromatic hydroxyl groups is 2. The molecule has 0 saturated heterocycles. The van der Waals surface area contributed by atoms with Crippen molar-refractivity contribution in [1.82, 2.24) is 5.32 Å². The molecule has 0 saturated carbocycles. The highest BCUT2D eigenvalue weighted by Gasteiger charge is 2.15. The second-order valence-corrected chi connectivity index (χ2v) is 3.87. The third kappa shape index (κ3) is 3.96. The van der Waals surface area contributed by atoms with E-state index in [4.69, 9.17) is 10.2 Å². The van der Waals surface area contributed by atoms with Crippen LogP contribution in [0.5, 0.6) is 11.5 Å². The highest BCUT2D eigenvalue weighted by atomic mass is 16.4. The number of carboxylic acid groups (broad SMARTS) is 1. The summed E-state index contributed by atoms with van der Waals surface area (Å²) >= 11 is 0. The minimum Gasteiger partial charge on any atom is -0.508 e. The van der Waals surface area contributed by atoms with Crippen LogP contribution in [0.3, 0.4) is 0 Å². The van der Waals surface area contributed by atoms with Crippen LogP contribution < -0.4 is 5.32 Å². The summed E-state index contributed by atoms with van der Waals surface area (Å²) in [6.45, 7) is 2.17. The zero-order chi connectivity index (χ0) is 12.8. The van der Waals surface area contributed by atoms with E-state index < -0.39 is 12.0 Å². The molecular weight excluding hydrogens is 222 g/mol. The van der Waals surface area contributed by atoms with Gasteiger partial charge in [-0.15, -0.1) is 0 Å². The summed E-state index contributed by atoms with van der Waals surface area (Å²) in [5.74, 6) is -0.960. The van der Waals surface area contributed by atoms with Crippen LogP contribution in [-0.2, 0) is 11.3 Å². The number of rotatable bonds is 6. The smallest absolute Gasteiger partial charge is 0.320 e. The van der Waals surface area contributed by atoms with Crippen LogP contribution >= 0.6 is 0 Å². The Bertz CT molecular complexity index is 392. The molecule has 1 unspecified atom stereocenters. The number of carboxylic acids is 1. The Hall–Kier alpha value is -1.75. The van der Waals surface area contributed by atoms with E-state index in [1.54, 1.807) is 6.07 Å². The molecule has 0 aliphatic heterocycles. The van der Waals surface area contributed by atoms with E-state index >= 15 is 0 Å². The van der Waals surface area contributed by atoms with E-state index in [0.717, 1.165) is 6.42 Å². The van der Waals surface area contributed by atoms with Crippen molar-refractivity contribution in [3.63, 3.8) is 0 Å². The molecule has 1 rings (SSSR count). The van der Waals surface area contributed by atoms with Gasteiger partial charge in [-0.25, -0.2) is 0 Å². The van der Waals surface area contributed by atoms with Gasteiger partial charge in [0.25, 0.3) is 0 Å². The number of nitrogens with one attached hydrogen (secondary N) is 1. The Morgan fingerprint density at radius 1 is 1.41 bits per heavy atom. The minimum atomic E-state index is -0.898. The van der Waals surface area contributed by atoms with Gasteiger partial charge in [0.2, 0.25) is 0 Å². The second kappa shape index (κ2) is 6.10. The second-order valence-electron chi connectivity index (χ2n) is 3.87. The zero-order valence-corrected chi connectivity index (χ0v) is 9.68. The van der Waals surface area contributed by atoms with E-state index in [1.165, 1.54) is 12.1 Å². The molecule has 5 nitrogen and oxygen atoms in total. The van der Waals surface area contributed by atoms with Gasteiger partial charge in [0.1, 0.15) is 17.5 Å². The lowest BCUT2D eigenvalue weighted by molar-refractivity contribution is -0.139. The van der Waals surface area contributed by atoms with Crippen molar-refractivity contribution in [2.24, 2.45) is 0 Å². The number of benzene rings is 1. The highest BCUT2D eigenvalue weighted by Crippen LogP contribution is 2.22. The molecule has 1 atom stereocenters. The lowest BCUT2D eigenvalue weighted by Gasteiger charge is -2.14. The molecule has 4 N–H and O–H groups in total. The topological polar surface area (TPSA) is 89.8 Å². The molecule has 0 aliphatic rings. The first-order valence-electron chi connectivity index (χ1n) is 5.51. The standard InChI is InChI=1S/C12H17NO4/c1-2-3-10(12(16)17)13-7-8-4-5-9(14)6-11(8)15/h4-6,10,13-15H,2-3,7H2,1H3,(H,16,17). The van der Waals surface area contributed by atoms with Gasteiger partial charge in [-0.2, -0.15) is 0 Å². The van der Waals surface area contributed by atoms with Crippen molar-refractivity contribution < 1.29 is 20.1 Å². The van der Waals surface area contributed by atoms with Gasteiger partial charge in [0.15, 0.2) is 0 Å². The monoisotopic (exact) mass is 239 g/mol. The molecule has 17 heavy (non-hydrogen) atoms. The van der Waals surface area contributed by atoms with E-state index in [-0.39, 0.29) is 18.0 Å². The number of aliphatic carboxylic acids is 1. The molecule has 0 aliphatic carbocycles. The summed E-state index contributed by atoms with van der Waals surface area (Å²) in [7, 11) is 0. The van der Waals surface area contributed by atoms with E-state index in [2.05, 4.69) is 5.32 Å². The van der Waals surface area contributed by atoms with Gasteiger partial charge in [-0.1, -0.05) is 19.4 Å². The van der Waals surface area contributed by atoms with Crippen LogP contribution in [0.1, 0.15) is 25.3 Å². The molecule has 0 bridgehead atoms. The van der Waals surface area contributed by atoms with Crippen LogP contribution in [0.2, 0.25) is 0 Å². The van der Waals surface area contributed by atoms with Gasteiger partial charge in [0.05, 0.1) is 0 Å². The number of phenolic OH excluding ortho intramolecular Hbond substituents is 2. The van der Waals surface area contributed by atoms with Crippen LogP contribution in [0.4, 0.5) is 0 Å². The molecule has 0 radical (unpaired) electrons. The fourth-order valence-electron chi connectivity index (χ4n) is 1.54. The van der Waals surface area contributed by atoms with Crippen LogP contribution in [0.15, 0.2) is 18.2 Å². The molecule has 0 fully saturated rings. The van der Waals surface area contributed by atoms with Crippen molar-refractivity contribution in [1.29, 1.82) is 0 Å². The minimum absolute atomic E-state index is 0.0189. The van der Waals surface area contributed by atoms with Gasteiger partial charge in [0, 0.05) is 18.2 Å².